The van der Waals surface area contributed by atoms with Gasteiger partial charge in [-0.05, 0) is 26.8 Å². The first-order valence-electron chi connectivity index (χ1n) is 5.67. The largest absolute Gasteiger partial charge is 0.255 e. The normalized spacial score (nSPS) is 8.73. The highest BCUT2D eigenvalue weighted by atomic mass is 14.8. The standard InChI is InChI=1S/C9H12N2.2C2H6/c1-4-5-9-8(3)11-7(2)6-10-9;2*1-2/h4-6H,1-3H3;2*1-2H3/b5-4-;;. The number of nitrogens with zero attached hydrogens (tertiary/aromatic N) is 2. The molecule has 1 heterocycles. The lowest BCUT2D eigenvalue weighted by Gasteiger charge is -1.98. The second kappa shape index (κ2) is 10.9. The molecule has 0 atom stereocenters. The molecule has 0 unspecified atom stereocenters. The summed E-state index contributed by atoms with van der Waals surface area (Å²) in [4.78, 5) is 8.50. The van der Waals surface area contributed by atoms with Crippen LogP contribution in [0, 0.1) is 13.8 Å². The van der Waals surface area contributed by atoms with E-state index in [1.807, 2.05) is 60.6 Å². The number of rotatable bonds is 1. The molecule has 2 heteroatoms. The van der Waals surface area contributed by atoms with Gasteiger partial charge < -0.3 is 0 Å². The third-order valence-corrected chi connectivity index (χ3v) is 1.43. The number of allylic oxidation sites excluding steroid dienone is 1. The Bertz CT molecular complexity index is 278. The zero-order chi connectivity index (χ0) is 12.3. The van der Waals surface area contributed by atoms with Crippen LogP contribution in [-0.2, 0) is 0 Å². The van der Waals surface area contributed by atoms with Gasteiger partial charge in [-0.25, -0.2) is 0 Å². The van der Waals surface area contributed by atoms with Gasteiger partial charge in [-0.2, -0.15) is 0 Å². The molecule has 0 saturated heterocycles. The van der Waals surface area contributed by atoms with E-state index in [0.717, 1.165) is 17.1 Å². The molecule has 0 aliphatic rings. The monoisotopic (exact) mass is 208 g/mol. The molecule has 15 heavy (non-hydrogen) atoms. The summed E-state index contributed by atoms with van der Waals surface area (Å²) in [6.07, 6.45) is 5.70. The Morgan fingerprint density at radius 1 is 1.07 bits per heavy atom. The van der Waals surface area contributed by atoms with Gasteiger partial charge in [0.05, 0.1) is 17.1 Å². The minimum atomic E-state index is 0.957. The van der Waals surface area contributed by atoms with E-state index < -0.39 is 0 Å². The van der Waals surface area contributed by atoms with Crippen LogP contribution in [0.1, 0.15) is 51.7 Å². The molecule has 0 spiro atoms. The quantitative estimate of drug-likeness (QED) is 0.692. The smallest absolute Gasteiger partial charge is 0.0839 e. The van der Waals surface area contributed by atoms with Crippen LogP contribution < -0.4 is 0 Å². The Labute approximate surface area is 94.5 Å². The van der Waals surface area contributed by atoms with Gasteiger partial charge in [0.25, 0.3) is 0 Å². The van der Waals surface area contributed by atoms with Crippen molar-refractivity contribution in [2.45, 2.75) is 48.5 Å². The highest BCUT2D eigenvalue weighted by molar-refractivity contribution is 5.46. The third kappa shape index (κ3) is 6.83. The van der Waals surface area contributed by atoms with Crippen molar-refractivity contribution in [2.24, 2.45) is 0 Å². The molecule has 86 valence electrons. The molecule has 2 nitrogen and oxygen atoms in total. The molecule has 0 aliphatic carbocycles. The van der Waals surface area contributed by atoms with Crippen LogP contribution in [0.3, 0.4) is 0 Å². The van der Waals surface area contributed by atoms with Crippen LogP contribution in [-0.4, -0.2) is 9.97 Å². The van der Waals surface area contributed by atoms with Gasteiger partial charge in [0.2, 0.25) is 0 Å². The van der Waals surface area contributed by atoms with Gasteiger partial charge in [-0.15, -0.1) is 0 Å². The minimum absolute atomic E-state index is 0.957. The summed E-state index contributed by atoms with van der Waals surface area (Å²) in [5.74, 6) is 0. The summed E-state index contributed by atoms with van der Waals surface area (Å²) in [7, 11) is 0. The molecule has 0 radical (unpaired) electrons. The molecule has 0 aromatic carbocycles. The molecular weight excluding hydrogens is 184 g/mol. The van der Waals surface area contributed by atoms with Crippen LogP contribution in [0.25, 0.3) is 6.08 Å². The number of hydrogen-bond acceptors (Lipinski definition) is 2. The van der Waals surface area contributed by atoms with Crippen LogP contribution in [0.5, 0.6) is 0 Å². The van der Waals surface area contributed by atoms with Crippen molar-refractivity contribution in [3.05, 3.63) is 29.4 Å². The maximum Gasteiger partial charge on any atom is 0.0839 e. The highest BCUT2D eigenvalue weighted by Crippen LogP contribution is 2.03. The zero-order valence-corrected chi connectivity index (χ0v) is 11.1. The maximum atomic E-state index is 4.28. The van der Waals surface area contributed by atoms with Crippen LogP contribution in [0.2, 0.25) is 0 Å². The first-order chi connectivity index (χ1) is 7.24. The van der Waals surface area contributed by atoms with Gasteiger partial charge in [0.15, 0.2) is 0 Å². The van der Waals surface area contributed by atoms with Gasteiger partial charge in [0, 0.05) is 6.20 Å². The first kappa shape index (κ1) is 16.3. The van der Waals surface area contributed by atoms with E-state index in [1.54, 1.807) is 6.20 Å². The summed E-state index contributed by atoms with van der Waals surface area (Å²) in [5, 5.41) is 0. The lowest BCUT2D eigenvalue weighted by Crippen LogP contribution is -1.92. The average molecular weight is 208 g/mol. The fourth-order valence-corrected chi connectivity index (χ4v) is 0.929. The number of aryl methyl sites for hydroxylation is 2. The van der Waals surface area contributed by atoms with Crippen molar-refractivity contribution >= 4 is 6.08 Å². The molecule has 0 amide bonds. The molecule has 1 rings (SSSR count). The summed E-state index contributed by atoms with van der Waals surface area (Å²) < 4.78 is 0. The fourth-order valence-electron chi connectivity index (χ4n) is 0.929. The van der Waals surface area contributed by atoms with Crippen LogP contribution in [0.15, 0.2) is 12.3 Å². The summed E-state index contributed by atoms with van der Waals surface area (Å²) in [5.41, 5.74) is 2.91. The van der Waals surface area contributed by atoms with Crippen LogP contribution in [0.4, 0.5) is 0 Å². The van der Waals surface area contributed by atoms with Crippen molar-refractivity contribution in [3.63, 3.8) is 0 Å². The Morgan fingerprint density at radius 2 is 1.60 bits per heavy atom. The van der Waals surface area contributed by atoms with Crippen molar-refractivity contribution < 1.29 is 0 Å². The van der Waals surface area contributed by atoms with E-state index in [9.17, 15) is 0 Å². The maximum absolute atomic E-state index is 4.28. The predicted octanol–water partition coefficient (Wildman–Crippen LogP) is 4.18. The summed E-state index contributed by atoms with van der Waals surface area (Å²) >= 11 is 0. The van der Waals surface area contributed by atoms with Crippen molar-refractivity contribution in [1.29, 1.82) is 0 Å². The second-order valence-corrected chi connectivity index (χ2v) is 2.48. The predicted molar refractivity (Wildman–Crippen MR) is 68.9 cm³/mol. The number of aromatic nitrogens is 2. The van der Waals surface area contributed by atoms with E-state index in [2.05, 4.69) is 9.97 Å². The molecule has 0 fully saturated rings. The first-order valence-corrected chi connectivity index (χ1v) is 5.67. The topological polar surface area (TPSA) is 25.8 Å². The molecule has 0 saturated carbocycles. The van der Waals surface area contributed by atoms with E-state index in [4.69, 9.17) is 0 Å². The van der Waals surface area contributed by atoms with E-state index in [0.29, 0.717) is 0 Å². The summed E-state index contributed by atoms with van der Waals surface area (Å²) in [6.45, 7) is 13.9. The van der Waals surface area contributed by atoms with E-state index in [-0.39, 0.29) is 0 Å². The van der Waals surface area contributed by atoms with Crippen molar-refractivity contribution in [1.82, 2.24) is 9.97 Å². The molecule has 1 aromatic rings. The average Bonchev–Trinajstić information content (AvgIpc) is 2.28. The Kier molecular flexibility index (Phi) is 11.8. The van der Waals surface area contributed by atoms with Gasteiger partial charge >= 0.3 is 0 Å². The van der Waals surface area contributed by atoms with Gasteiger partial charge in [-0.3, -0.25) is 9.97 Å². The molecule has 0 bridgehead atoms. The fraction of sp³-hybridized carbons (Fsp3) is 0.538. The molecule has 0 N–H and O–H groups in total. The Morgan fingerprint density at radius 3 is 2.00 bits per heavy atom. The molecule has 0 aliphatic heterocycles. The minimum Gasteiger partial charge on any atom is -0.255 e. The highest BCUT2D eigenvalue weighted by Gasteiger charge is 1.95. The van der Waals surface area contributed by atoms with Crippen molar-refractivity contribution in [2.75, 3.05) is 0 Å². The third-order valence-electron chi connectivity index (χ3n) is 1.43. The Hall–Kier alpha value is -1.18. The van der Waals surface area contributed by atoms with Gasteiger partial charge in [-0.1, -0.05) is 33.8 Å². The lowest BCUT2D eigenvalue weighted by atomic mass is 10.3. The van der Waals surface area contributed by atoms with Gasteiger partial charge in [0.1, 0.15) is 0 Å². The van der Waals surface area contributed by atoms with E-state index in [1.165, 1.54) is 0 Å². The Balaban J connectivity index is 0. The number of hydrogen-bond donors (Lipinski definition) is 0. The SMILES string of the molecule is C/C=C\c1ncc(C)nc1C.CC.CC. The summed E-state index contributed by atoms with van der Waals surface area (Å²) in [6, 6.07) is 0. The van der Waals surface area contributed by atoms with Crippen LogP contribution >= 0.6 is 0 Å². The molecule has 1 aromatic heterocycles. The second-order valence-electron chi connectivity index (χ2n) is 2.48. The lowest BCUT2D eigenvalue weighted by molar-refractivity contribution is 1.04. The molecular formula is C13H24N2. The zero-order valence-electron chi connectivity index (χ0n) is 11.1. The van der Waals surface area contributed by atoms with Crippen molar-refractivity contribution in [3.8, 4) is 0 Å². The van der Waals surface area contributed by atoms with E-state index >= 15 is 0 Å².